The number of esters is 1. The smallest absolute Gasteiger partial charge is 0.325 e. The van der Waals surface area contributed by atoms with Crippen LogP contribution < -0.4 is 5.73 Å². The second kappa shape index (κ2) is 4.18. The highest BCUT2D eigenvalue weighted by molar-refractivity contribution is 9.10. The van der Waals surface area contributed by atoms with Crippen LogP contribution in [0, 0.1) is 0 Å². The standard InChI is InChI=1S/C12H14BrNO2/c1-16-11(15)12(14)6-9(7-12)8-3-2-4-10(13)5-8/h2-5,9H,6-7,14H2,1H3. The Morgan fingerprint density at radius 3 is 2.81 bits per heavy atom. The number of ether oxygens (including phenoxy) is 1. The molecule has 0 unspecified atom stereocenters. The Labute approximate surface area is 103 Å². The van der Waals surface area contributed by atoms with Gasteiger partial charge >= 0.3 is 5.97 Å². The quantitative estimate of drug-likeness (QED) is 0.847. The van der Waals surface area contributed by atoms with Crippen molar-refractivity contribution in [2.75, 3.05) is 7.11 Å². The summed E-state index contributed by atoms with van der Waals surface area (Å²) in [5.41, 5.74) is 6.38. The van der Waals surface area contributed by atoms with Gasteiger partial charge in [-0.05, 0) is 36.5 Å². The average molecular weight is 284 g/mol. The second-order valence-corrected chi connectivity index (χ2v) is 5.22. The molecule has 2 rings (SSSR count). The summed E-state index contributed by atoms with van der Waals surface area (Å²) in [7, 11) is 1.38. The molecule has 1 fully saturated rings. The minimum absolute atomic E-state index is 0.307. The lowest BCUT2D eigenvalue weighted by Gasteiger charge is -2.42. The number of methoxy groups -OCH3 is 1. The molecule has 0 saturated heterocycles. The topological polar surface area (TPSA) is 52.3 Å². The normalized spacial score (nSPS) is 28.3. The van der Waals surface area contributed by atoms with Crippen molar-refractivity contribution in [2.24, 2.45) is 5.73 Å². The third-order valence-electron chi connectivity index (χ3n) is 3.13. The Morgan fingerprint density at radius 2 is 2.25 bits per heavy atom. The largest absolute Gasteiger partial charge is 0.468 e. The number of carbonyl (C=O) groups is 1. The second-order valence-electron chi connectivity index (χ2n) is 4.31. The Morgan fingerprint density at radius 1 is 1.56 bits per heavy atom. The highest BCUT2D eigenvalue weighted by Gasteiger charge is 2.48. The van der Waals surface area contributed by atoms with Gasteiger partial charge in [-0.25, -0.2) is 0 Å². The van der Waals surface area contributed by atoms with Crippen LogP contribution in [0.4, 0.5) is 0 Å². The first kappa shape index (κ1) is 11.6. The van der Waals surface area contributed by atoms with Crippen molar-refractivity contribution >= 4 is 21.9 Å². The summed E-state index contributed by atoms with van der Waals surface area (Å²) in [6.45, 7) is 0. The van der Waals surface area contributed by atoms with Crippen LogP contribution in [0.2, 0.25) is 0 Å². The Hall–Kier alpha value is -0.870. The molecule has 1 aliphatic rings. The van der Waals surface area contributed by atoms with Crippen LogP contribution in [0.15, 0.2) is 28.7 Å². The zero-order valence-corrected chi connectivity index (χ0v) is 10.7. The van der Waals surface area contributed by atoms with Gasteiger partial charge in [0, 0.05) is 4.47 Å². The van der Waals surface area contributed by atoms with Crippen LogP contribution in [0.5, 0.6) is 0 Å². The van der Waals surface area contributed by atoms with E-state index in [-0.39, 0.29) is 5.97 Å². The van der Waals surface area contributed by atoms with E-state index in [2.05, 4.69) is 28.1 Å². The van der Waals surface area contributed by atoms with Crippen molar-refractivity contribution in [1.29, 1.82) is 0 Å². The lowest BCUT2D eigenvalue weighted by atomic mass is 9.66. The molecule has 0 amide bonds. The van der Waals surface area contributed by atoms with Crippen LogP contribution in [-0.4, -0.2) is 18.6 Å². The Balaban J connectivity index is 2.06. The summed E-state index contributed by atoms with van der Waals surface area (Å²) < 4.78 is 5.75. The molecule has 0 heterocycles. The van der Waals surface area contributed by atoms with E-state index in [1.54, 1.807) is 0 Å². The molecule has 2 N–H and O–H groups in total. The first-order valence-corrected chi connectivity index (χ1v) is 5.97. The average Bonchev–Trinajstić information content (AvgIpc) is 2.23. The van der Waals surface area contributed by atoms with Gasteiger partial charge in [-0.1, -0.05) is 28.1 Å². The molecule has 0 bridgehead atoms. The van der Waals surface area contributed by atoms with E-state index in [9.17, 15) is 4.79 Å². The lowest BCUT2D eigenvalue weighted by Crippen LogP contribution is -2.57. The van der Waals surface area contributed by atoms with Crippen molar-refractivity contribution in [3.8, 4) is 0 Å². The summed E-state index contributed by atoms with van der Waals surface area (Å²) in [5.74, 6) is 0.0559. The van der Waals surface area contributed by atoms with Crippen molar-refractivity contribution < 1.29 is 9.53 Å². The summed E-state index contributed by atoms with van der Waals surface area (Å²) in [4.78, 5) is 11.4. The van der Waals surface area contributed by atoms with E-state index >= 15 is 0 Å². The summed E-state index contributed by atoms with van der Waals surface area (Å²) >= 11 is 3.43. The molecular weight excluding hydrogens is 270 g/mol. The first-order chi connectivity index (χ1) is 7.55. The number of benzene rings is 1. The van der Waals surface area contributed by atoms with E-state index < -0.39 is 5.54 Å². The number of hydrogen-bond donors (Lipinski definition) is 1. The molecule has 0 spiro atoms. The molecule has 0 aliphatic heterocycles. The van der Waals surface area contributed by atoms with E-state index in [4.69, 9.17) is 10.5 Å². The lowest BCUT2D eigenvalue weighted by molar-refractivity contribution is -0.151. The molecule has 1 aromatic rings. The van der Waals surface area contributed by atoms with E-state index in [0.717, 1.165) is 4.47 Å². The molecule has 0 aromatic heterocycles. The zero-order chi connectivity index (χ0) is 11.8. The van der Waals surface area contributed by atoms with Gasteiger partial charge in [0.15, 0.2) is 0 Å². The predicted octanol–water partition coefficient (Wildman–Crippen LogP) is 2.20. The fourth-order valence-electron chi connectivity index (χ4n) is 2.19. The molecule has 16 heavy (non-hydrogen) atoms. The maximum absolute atomic E-state index is 11.4. The molecular formula is C12H14BrNO2. The highest BCUT2D eigenvalue weighted by atomic mass is 79.9. The van der Waals surface area contributed by atoms with Crippen molar-refractivity contribution in [2.45, 2.75) is 24.3 Å². The fraction of sp³-hybridized carbons (Fsp3) is 0.417. The summed E-state index contributed by atoms with van der Waals surface area (Å²) in [6.07, 6.45) is 1.33. The van der Waals surface area contributed by atoms with E-state index in [0.29, 0.717) is 18.8 Å². The van der Waals surface area contributed by atoms with Gasteiger partial charge in [0.2, 0.25) is 0 Å². The maximum Gasteiger partial charge on any atom is 0.325 e. The third kappa shape index (κ3) is 1.99. The van der Waals surface area contributed by atoms with Crippen LogP contribution in [-0.2, 0) is 9.53 Å². The fourth-order valence-corrected chi connectivity index (χ4v) is 2.60. The van der Waals surface area contributed by atoms with Crippen LogP contribution in [0.1, 0.15) is 24.3 Å². The number of hydrogen-bond acceptors (Lipinski definition) is 3. The molecule has 86 valence electrons. The maximum atomic E-state index is 11.4. The van der Waals surface area contributed by atoms with E-state index in [1.165, 1.54) is 12.7 Å². The van der Waals surface area contributed by atoms with Gasteiger partial charge in [-0.15, -0.1) is 0 Å². The predicted molar refractivity (Wildman–Crippen MR) is 65.1 cm³/mol. The number of halogens is 1. The van der Waals surface area contributed by atoms with E-state index in [1.807, 2.05) is 12.1 Å². The minimum atomic E-state index is -0.776. The number of nitrogens with two attached hydrogens (primary N) is 1. The van der Waals surface area contributed by atoms with Gasteiger partial charge in [-0.3, -0.25) is 4.79 Å². The van der Waals surface area contributed by atoms with Gasteiger partial charge in [0.05, 0.1) is 7.11 Å². The monoisotopic (exact) mass is 283 g/mol. The zero-order valence-electron chi connectivity index (χ0n) is 9.07. The van der Waals surface area contributed by atoms with Crippen molar-refractivity contribution in [1.82, 2.24) is 0 Å². The summed E-state index contributed by atoms with van der Waals surface area (Å²) in [5, 5.41) is 0. The first-order valence-electron chi connectivity index (χ1n) is 5.18. The molecule has 1 saturated carbocycles. The molecule has 1 aliphatic carbocycles. The highest BCUT2D eigenvalue weighted by Crippen LogP contribution is 2.44. The number of carbonyl (C=O) groups excluding carboxylic acids is 1. The van der Waals surface area contributed by atoms with Gasteiger partial charge in [0.1, 0.15) is 5.54 Å². The molecule has 1 aromatic carbocycles. The molecule has 0 atom stereocenters. The third-order valence-corrected chi connectivity index (χ3v) is 3.63. The van der Waals surface area contributed by atoms with Gasteiger partial charge in [0.25, 0.3) is 0 Å². The minimum Gasteiger partial charge on any atom is -0.468 e. The number of rotatable bonds is 2. The Kier molecular flexibility index (Phi) is 3.04. The van der Waals surface area contributed by atoms with Crippen molar-refractivity contribution in [3.05, 3.63) is 34.3 Å². The van der Waals surface area contributed by atoms with Gasteiger partial charge in [-0.2, -0.15) is 0 Å². The van der Waals surface area contributed by atoms with Crippen LogP contribution >= 0.6 is 15.9 Å². The molecule has 0 radical (unpaired) electrons. The Bertz CT molecular complexity index is 413. The van der Waals surface area contributed by atoms with Gasteiger partial charge < -0.3 is 10.5 Å². The van der Waals surface area contributed by atoms with Crippen LogP contribution in [0.25, 0.3) is 0 Å². The van der Waals surface area contributed by atoms with Crippen molar-refractivity contribution in [3.63, 3.8) is 0 Å². The SMILES string of the molecule is COC(=O)C1(N)CC(c2cccc(Br)c2)C1. The summed E-state index contributed by atoms with van der Waals surface area (Å²) in [6, 6.07) is 8.11. The molecule has 3 nitrogen and oxygen atoms in total. The molecule has 4 heteroatoms. The van der Waals surface area contributed by atoms with Crippen LogP contribution in [0.3, 0.4) is 0 Å².